The number of aliphatic carboxylic acids is 1. The minimum atomic E-state index is -0.720. The van der Waals surface area contributed by atoms with Crippen LogP contribution in [0.15, 0.2) is 0 Å². The van der Waals surface area contributed by atoms with E-state index < -0.39 is 5.97 Å². The molecule has 1 aliphatic heterocycles. The zero-order valence-electron chi connectivity index (χ0n) is 7.05. The van der Waals surface area contributed by atoms with Crippen molar-refractivity contribution < 1.29 is 9.90 Å². The van der Waals surface area contributed by atoms with Gasteiger partial charge < -0.3 is 15.7 Å². The first kappa shape index (κ1) is 10.4. The van der Waals surface area contributed by atoms with E-state index in [9.17, 15) is 4.79 Å². The number of hydrogen-bond donors (Lipinski definition) is 3. The highest BCUT2D eigenvalue weighted by Gasteiger charge is 2.20. The van der Waals surface area contributed by atoms with Gasteiger partial charge in [-0.25, -0.2) is 0 Å². The highest BCUT2D eigenvalue weighted by Crippen LogP contribution is 2.03. The molecule has 0 bridgehead atoms. The van der Waals surface area contributed by atoms with E-state index in [1.165, 1.54) is 0 Å². The normalized spacial score (nSPS) is 22.2. The van der Waals surface area contributed by atoms with E-state index in [1.54, 1.807) is 0 Å². The first-order chi connectivity index (χ1) is 5.22. The molecule has 0 spiro atoms. The zero-order chi connectivity index (χ0) is 8.69. The highest BCUT2D eigenvalue weighted by atomic mass is 16.4. The predicted octanol–water partition coefficient (Wildman–Crippen LogP) is -0.341. The molecule has 0 aromatic rings. The summed E-state index contributed by atoms with van der Waals surface area (Å²) < 4.78 is 0. The van der Waals surface area contributed by atoms with Crippen LogP contribution in [0.1, 0.15) is 12.8 Å². The molecule has 1 fully saturated rings. The third kappa shape index (κ3) is 4.75. The van der Waals surface area contributed by atoms with Crippen LogP contribution in [-0.4, -0.2) is 37.8 Å². The summed E-state index contributed by atoms with van der Waals surface area (Å²) in [6.07, 6.45) is 1.78. The third-order valence-electron chi connectivity index (χ3n) is 1.36. The van der Waals surface area contributed by atoms with Crippen molar-refractivity contribution in [3.05, 3.63) is 0 Å². The summed E-state index contributed by atoms with van der Waals surface area (Å²) in [7, 11) is 3.75. The Kier molecular flexibility index (Phi) is 5.78. The first-order valence-electron chi connectivity index (χ1n) is 3.77. The largest absolute Gasteiger partial charge is 0.480 e. The SMILES string of the molecule is CNC.O=C(O)[C@@H]1CCCN1. The molecule has 0 unspecified atom stereocenters. The zero-order valence-corrected chi connectivity index (χ0v) is 7.05. The van der Waals surface area contributed by atoms with Gasteiger partial charge in [0.1, 0.15) is 6.04 Å². The van der Waals surface area contributed by atoms with Crippen molar-refractivity contribution in [2.24, 2.45) is 0 Å². The Labute approximate surface area is 67.0 Å². The lowest BCUT2D eigenvalue weighted by atomic mass is 10.2. The van der Waals surface area contributed by atoms with Crippen LogP contribution >= 0.6 is 0 Å². The molecule has 1 aliphatic rings. The molecule has 0 radical (unpaired) electrons. The number of rotatable bonds is 1. The summed E-state index contributed by atoms with van der Waals surface area (Å²) in [5, 5.41) is 14.0. The van der Waals surface area contributed by atoms with Gasteiger partial charge in [0, 0.05) is 0 Å². The topological polar surface area (TPSA) is 61.4 Å². The van der Waals surface area contributed by atoms with Gasteiger partial charge in [0.05, 0.1) is 0 Å². The van der Waals surface area contributed by atoms with E-state index in [1.807, 2.05) is 14.1 Å². The highest BCUT2D eigenvalue weighted by molar-refractivity contribution is 5.73. The second-order valence-corrected chi connectivity index (χ2v) is 2.49. The number of nitrogens with one attached hydrogen (secondary N) is 2. The Hall–Kier alpha value is -0.610. The summed E-state index contributed by atoms with van der Waals surface area (Å²) in [6.45, 7) is 0.858. The van der Waals surface area contributed by atoms with Crippen LogP contribution in [0, 0.1) is 0 Å². The van der Waals surface area contributed by atoms with Crippen molar-refractivity contribution in [1.29, 1.82) is 0 Å². The lowest BCUT2D eigenvalue weighted by Gasteiger charge is -1.99. The van der Waals surface area contributed by atoms with Gasteiger partial charge in [-0.15, -0.1) is 0 Å². The fourth-order valence-electron chi connectivity index (χ4n) is 0.895. The van der Waals surface area contributed by atoms with Crippen molar-refractivity contribution in [2.45, 2.75) is 18.9 Å². The smallest absolute Gasteiger partial charge is 0.320 e. The maximum atomic E-state index is 10.1. The summed E-state index contributed by atoms with van der Waals surface area (Å²) in [5.74, 6) is -0.720. The molecule has 3 N–H and O–H groups in total. The Balaban J connectivity index is 0.000000292. The Bertz CT molecular complexity index is 111. The quantitative estimate of drug-likeness (QED) is 0.491. The minimum Gasteiger partial charge on any atom is -0.480 e. The molecule has 0 aliphatic carbocycles. The number of carboxylic acid groups (broad SMARTS) is 1. The molecule has 4 heteroatoms. The van der Waals surface area contributed by atoms with Crippen molar-refractivity contribution in [3.63, 3.8) is 0 Å². The lowest BCUT2D eigenvalue weighted by Crippen LogP contribution is -2.29. The van der Waals surface area contributed by atoms with Crippen LogP contribution in [-0.2, 0) is 4.79 Å². The van der Waals surface area contributed by atoms with Crippen LogP contribution in [0.3, 0.4) is 0 Å². The minimum absolute atomic E-state index is 0.269. The second kappa shape index (κ2) is 6.12. The maximum absolute atomic E-state index is 10.1. The Morgan fingerprint density at radius 3 is 2.36 bits per heavy atom. The molecule has 1 saturated heterocycles. The van der Waals surface area contributed by atoms with Crippen LogP contribution in [0.2, 0.25) is 0 Å². The van der Waals surface area contributed by atoms with Gasteiger partial charge in [-0.2, -0.15) is 0 Å². The standard InChI is InChI=1S/C5H9NO2.C2H7N/c7-5(8)4-2-1-3-6-4;1-3-2/h4,6H,1-3H2,(H,7,8);3H,1-2H3/t4-;/m0./s1. The molecular formula is C7H16N2O2. The number of carboxylic acids is 1. The van der Waals surface area contributed by atoms with E-state index >= 15 is 0 Å². The maximum Gasteiger partial charge on any atom is 0.320 e. The molecule has 0 saturated carbocycles. The van der Waals surface area contributed by atoms with E-state index in [0.29, 0.717) is 0 Å². The van der Waals surface area contributed by atoms with Crippen molar-refractivity contribution >= 4 is 5.97 Å². The van der Waals surface area contributed by atoms with Crippen LogP contribution in [0.25, 0.3) is 0 Å². The predicted molar refractivity (Wildman–Crippen MR) is 43.6 cm³/mol. The van der Waals surface area contributed by atoms with Gasteiger partial charge in [0.25, 0.3) is 0 Å². The van der Waals surface area contributed by atoms with E-state index in [2.05, 4.69) is 10.6 Å². The van der Waals surface area contributed by atoms with Gasteiger partial charge in [0.15, 0.2) is 0 Å². The number of hydrogen-bond acceptors (Lipinski definition) is 3. The van der Waals surface area contributed by atoms with E-state index in [0.717, 1.165) is 19.4 Å². The molecule has 0 amide bonds. The van der Waals surface area contributed by atoms with Gasteiger partial charge in [-0.1, -0.05) is 0 Å². The van der Waals surface area contributed by atoms with Crippen molar-refractivity contribution in [1.82, 2.24) is 10.6 Å². The van der Waals surface area contributed by atoms with Gasteiger partial charge >= 0.3 is 5.97 Å². The molecule has 11 heavy (non-hydrogen) atoms. The molecule has 1 heterocycles. The first-order valence-corrected chi connectivity index (χ1v) is 3.77. The average Bonchev–Trinajstić information content (AvgIpc) is 2.38. The summed E-state index contributed by atoms with van der Waals surface area (Å²) in [6, 6.07) is -0.269. The van der Waals surface area contributed by atoms with Crippen molar-refractivity contribution in [2.75, 3.05) is 20.6 Å². The Morgan fingerprint density at radius 2 is 2.18 bits per heavy atom. The van der Waals surface area contributed by atoms with Crippen LogP contribution < -0.4 is 10.6 Å². The lowest BCUT2D eigenvalue weighted by molar-refractivity contribution is -0.139. The monoisotopic (exact) mass is 160 g/mol. The molecular weight excluding hydrogens is 144 g/mol. The summed E-state index contributed by atoms with van der Waals surface area (Å²) in [5.41, 5.74) is 0. The molecule has 1 atom stereocenters. The van der Waals surface area contributed by atoms with Gasteiger partial charge in [-0.3, -0.25) is 4.79 Å². The van der Waals surface area contributed by atoms with Gasteiger partial charge in [0.2, 0.25) is 0 Å². The molecule has 4 nitrogen and oxygen atoms in total. The number of carbonyl (C=O) groups is 1. The second-order valence-electron chi connectivity index (χ2n) is 2.49. The Morgan fingerprint density at radius 1 is 1.64 bits per heavy atom. The van der Waals surface area contributed by atoms with Crippen LogP contribution in [0.5, 0.6) is 0 Å². The third-order valence-corrected chi connectivity index (χ3v) is 1.36. The fraction of sp³-hybridized carbons (Fsp3) is 0.857. The fourth-order valence-corrected chi connectivity index (χ4v) is 0.895. The molecule has 66 valence electrons. The molecule has 1 rings (SSSR count). The van der Waals surface area contributed by atoms with Gasteiger partial charge in [-0.05, 0) is 33.5 Å². The van der Waals surface area contributed by atoms with E-state index in [-0.39, 0.29) is 6.04 Å². The van der Waals surface area contributed by atoms with Crippen LogP contribution in [0.4, 0.5) is 0 Å². The summed E-state index contributed by atoms with van der Waals surface area (Å²) in [4.78, 5) is 10.1. The molecule has 0 aromatic carbocycles. The van der Waals surface area contributed by atoms with E-state index in [4.69, 9.17) is 5.11 Å². The average molecular weight is 160 g/mol. The van der Waals surface area contributed by atoms with Crippen molar-refractivity contribution in [3.8, 4) is 0 Å². The summed E-state index contributed by atoms with van der Waals surface area (Å²) >= 11 is 0. The molecule has 0 aromatic heterocycles.